The summed E-state index contributed by atoms with van der Waals surface area (Å²) in [5.41, 5.74) is 2.42. The van der Waals surface area contributed by atoms with Crippen molar-refractivity contribution in [3.05, 3.63) is 105 Å². The highest BCUT2D eigenvalue weighted by Crippen LogP contribution is 2.38. The molecule has 19 heteroatoms. The van der Waals surface area contributed by atoms with Crippen LogP contribution in [0, 0.1) is 23.1 Å². The molecule has 8 rings (SSSR count). The van der Waals surface area contributed by atoms with Crippen molar-refractivity contribution in [2.45, 2.75) is 52.1 Å². The maximum Gasteiger partial charge on any atom is 0.259 e. The zero-order chi connectivity index (χ0) is 43.9. The van der Waals surface area contributed by atoms with Gasteiger partial charge in [0.05, 0.1) is 51.6 Å². The normalized spacial score (nSPS) is 17.2. The molecule has 0 bridgehead atoms. The van der Waals surface area contributed by atoms with Crippen molar-refractivity contribution in [1.29, 1.82) is 5.26 Å². The molecule has 2 N–H and O–H groups in total. The Morgan fingerprint density at radius 1 is 0.968 bits per heavy atom. The molecule has 0 radical (unpaired) electrons. The van der Waals surface area contributed by atoms with E-state index in [1.54, 1.807) is 13.8 Å². The number of piperazine rings is 1. The number of rotatable bonds is 9. The number of nitrogens with zero attached hydrogens (tertiary/aromatic N) is 10. The number of aromatic nitrogens is 5. The Bertz CT molecular complexity index is 2710. The standard InChI is InChI=1S/C43H42ClFN12O4S/c1-4-26-16-34-35(52-37(26)58)15-25(20-47-34)24-53-11-13-54(14-12-53)39(60)27-7-9-55(10-8-27)41-49-21-28(22-50-41)51-38(59)31-6-5-29(18-33(31)45)57-42(62)56(40(61)43(57,2)3)30-17-32(44)36(19-46)48-23-30/h5-6,15-18,20-23,27H,4,7-14,24H2,1-3H3,(H,51,59)(H,52,58). The van der Waals surface area contributed by atoms with E-state index in [2.05, 4.69) is 35.1 Å². The van der Waals surface area contributed by atoms with Gasteiger partial charge in [-0.2, -0.15) is 5.26 Å². The lowest BCUT2D eigenvalue weighted by Crippen LogP contribution is -2.51. The van der Waals surface area contributed by atoms with E-state index in [0.717, 1.165) is 35.8 Å². The number of anilines is 4. The summed E-state index contributed by atoms with van der Waals surface area (Å²) < 4.78 is 15.6. The van der Waals surface area contributed by atoms with Crippen LogP contribution in [0.15, 0.2) is 66.0 Å². The summed E-state index contributed by atoms with van der Waals surface area (Å²) in [6.07, 6.45) is 8.03. The predicted octanol–water partition coefficient (Wildman–Crippen LogP) is 5.06. The predicted molar refractivity (Wildman–Crippen MR) is 236 cm³/mol. The number of fused-ring (bicyclic) bond motifs is 1. The van der Waals surface area contributed by atoms with E-state index in [-0.39, 0.29) is 55.8 Å². The van der Waals surface area contributed by atoms with Crippen LogP contribution in [-0.2, 0) is 22.6 Å². The molecule has 0 saturated carbocycles. The van der Waals surface area contributed by atoms with Crippen molar-refractivity contribution in [3.63, 3.8) is 0 Å². The minimum absolute atomic E-state index is 0.00452. The minimum atomic E-state index is -1.24. The Morgan fingerprint density at radius 2 is 1.69 bits per heavy atom. The first-order valence-corrected chi connectivity index (χ1v) is 21.0. The number of nitrogens with one attached hydrogen (secondary N) is 2. The molecule has 4 aromatic heterocycles. The van der Waals surface area contributed by atoms with E-state index in [4.69, 9.17) is 23.8 Å². The van der Waals surface area contributed by atoms with E-state index in [0.29, 0.717) is 63.5 Å². The van der Waals surface area contributed by atoms with Crippen molar-refractivity contribution in [1.82, 2.24) is 34.7 Å². The number of hydrogen-bond donors (Lipinski definition) is 2. The van der Waals surface area contributed by atoms with Gasteiger partial charge in [0.25, 0.3) is 17.4 Å². The van der Waals surface area contributed by atoms with E-state index in [1.807, 2.05) is 41.1 Å². The van der Waals surface area contributed by atoms with Crippen LogP contribution >= 0.6 is 23.8 Å². The summed E-state index contributed by atoms with van der Waals surface area (Å²) in [4.78, 5) is 81.9. The van der Waals surface area contributed by atoms with E-state index < -0.39 is 23.2 Å². The number of carbonyl (C=O) groups excluding carboxylic acids is 3. The summed E-state index contributed by atoms with van der Waals surface area (Å²) in [5, 5.41) is 11.9. The molecular weight excluding hydrogens is 835 g/mol. The van der Waals surface area contributed by atoms with Crippen LogP contribution in [-0.4, -0.2) is 102 Å². The van der Waals surface area contributed by atoms with Crippen LogP contribution in [0.25, 0.3) is 11.0 Å². The number of nitriles is 1. The number of aryl methyl sites for hydroxylation is 1. The summed E-state index contributed by atoms with van der Waals surface area (Å²) in [7, 11) is 0. The zero-order valence-electron chi connectivity index (χ0n) is 34.2. The molecule has 62 heavy (non-hydrogen) atoms. The average Bonchev–Trinajstić information content (AvgIpc) is 3.44. The minimum Gasteiger partial charge on any atom is -0.341 e. The first-order chi connectivity index (χ1) is 29.7. The van der Waals surface area contributed by atoms with Gasteiger partial charge in [0.1, 0.15) is 17.4 Å². The summed E-state index contributed by atoms with van der Waals surface area (Å²) >= 11 is 11.8. The molecule has 3 amide bonds. The van der Waals surface area contributed by atoms with Gasteiger partial charge in [0, 0.05) is 69.2 Å². The SMILES string of the molecule is CCc1cc2ncc(CN3CCN(C(=O)C4CCN(c5ncc(NC(=O)c6ccc(N7C(=S)N(c8cnc(C#N)c(Cl)c8)C(=O)C7(C)C)cc6F)cn5)CC4)CC3)cc2[nH]c1=O. The second-order valence-electron chi connectivity index (χ2n) is 16.0. The van der Waals surface area contributed by atoms with Gasteiger partial charge in [-0.25, -0.2) is 19.3 Å². The van der Waals surface area contributed by atoms with Gasteiger partial charge in [-0.05, 0) is 87.3 Å². The van der Waals surface area contributed by atoms with Crippen LogP contribution in [0.3, 0.4) is 0 Å². The van der Waals surface area contributed by atoms with Crippen LogP contribution in [0.5, 0.6) is 0 Å². The highest BCUT2D eigenvalue weighted by Gasteiger charge is 2.50. The Balaban J connectivity index is 0.821. The molecule has 7 heterocycles. The van der Waals surface area contributed by atoms with Crippen molar-refractivity contribution >= 4 is 80.7 Å². The van der Waals surface area contributed by atoms with Gasteiger partial charge in [-0.3, -0.25) is 34.0 Å². The first kappa shape index (κ1) is 42.3. The van der Waals surface area contributed by atoms with Crippen LogP contribution in [0.1, 0.15) is 60.8 Å². The third kappa shape index (κ3) is 8.18. The number of piperidine rings is 1. The van der Waals surface area contributed by atoms with E-state index >= 15 is 4.39 Å². The smallest absolute Gasteiger partial charge is 0.259 e. The number of amides is 3. The molecular formula is C43H42ClFN12O4S. The van der Waals surface area contributed by atoms with Gasteiger partial charge in [-0.15, -0.1) is 0 Å². The average molecular weight is 877 g/mol. The number of halogens is 2. The molecule has 1 aromatic carbocycles. The molecule has 0 spiro atoms. The number of hydrogen-bond acceptors (Lipinski definition) is 12. The lowest BCUT2D eigenvalue weighted by atomic mass is 9.95. The Labute approximate surface area is 366 Å². The number of H-pyrrole nitrogens is 1. The molecule has 0 unspecified atom stereocenters. The Hall–Kier alpha value is -6.42. The van der Waals surface area contributed by atoms with E-state index in [9.17, 15) is 24.4 Å². The highest BCUT2D eigenvalue weighted by molar-refractivity contribution is 7.81. The fraction of sp³-hybridized carbons (Fsp3) is 0.349. The fourth-order valence-electron chi connectivity index (χ4n) is 8.15. The molecule has 16 nitrogen and oxygen atoms in total. The number of carbonyl (C=O) groups is 3. The molecule has 0 aliphatic carbocycles. The third-order valence-electron chi connectivity index (χ3n) is 11.6. The maximum absolute atomic E-state index is 15.6. The number of thiocarbonyl (C=S) groups is 1. The number of pyridine rings is 3. The third-order valence-corrected chi connectivity index (χ3v) is 12.3. The van der Waals surface area contributed by atoms with Gasteiger partial charge < -0.3 is 25.0 Å². The Kier molecular flexibility index (Phi) is 11.7. The van der Waals surface area contributed by atoms with Crippen molar-refractivity contribution in [2.75, 3.05) is 59.3 Å². The molecule has 5 aromatic rings. The van der Waals surface area contributed by atoms with Gasteiger partial charge in [0.15, 0.2) is 10.8 Å². The van der Waals surface area contributed by atoms with Crippen LogP contribution in [0.2, 0.25) is 5.02 Å². The van der Waals surface area contributed by atoms with E-state index in [1.165, 1.54) is 46.6 Å². The molecule has 3 saturated heterocycles. The first-order valence-electron chi connectivity index (χ1n) is 20.2. The van der Waals surface area contributed by atoms with Crippen molar-refractivity contribution in [2.24, 2.45) is 5.92 Å². The summed E-state index contributed by atoms with van der Waals surface area (Å²) in [5.74, 6) is -1.46. The van der Waals surface area contributed by atoms with Crippen LogP contribution in [0.4, 0.5) is 27.4 Å². The highest BCUT2D eigenvalue weighted by atomic mass is 35.5. The van der Waals surface area contributed by atoms with Gasteiger partial charge >= 0.3 is 0 Å². The Morgan fingerprint density at radius 3 is 2.35 bits per heavy atom. The van der Waals surface area contributed by atoms with Crippen molar-refractivity contribution in [3.8, 4) is 6.07 Å². The number of benzene rings is 1. The fourth-order valence-corrected chi connectivity index (χ4v) is 8.87. The van der Waals surface area contributed by atoms with Gasteiger partial charge in [-0.1, -0.05) is 18.5 Å². The summed E-state index contributed by atoms with van der Waals surface area (Å²) in [6.45, 7) is 9.84. The molecule has 3 aliphatic rings. The second-order valence-corrected chi connectivity index (χ2v) is 16.7. The monoisotopic (exact) mass is 876 g/mol. The zero-order valence-corrected chi connectivity index (χ0v) is 35.8. The van der Waals surface area contributed by atoms with Gasteiger partial charge in [0.2, 0.25) is 11.9 Å². The lowest BCUT2D eigenvalue weighted by Gasteiger charge is -2.38. The summed E-state index contributed by atoms with van der Waals surface area (Å²) in [6, 6.07) is 11.1. The molecule has 318 valence electrons. The maximum atomic E-state index is 15.6. The largest absolute Gasteiger partial charge is 0.341 e. The lowest BCUT2D eigenvalue weighted by molar-refractivity contribution is -0.138. The molecule has 3 fully saturated rings. The second kappa shape index (κ2) is 17.2. The topological polar surface area (TPSA) is 188 Å². The molecule has 0 atom stereocenters. The van der Waals surface area contributed by atoms with Crippen molar-refractivity contribution < 1.29 is 18.8 Å². The van der Waals surface area contributed by atoms with Crippen LogP contribution < -0.4 is 25.6 Å². The molecule has 3 aliphatic heterocycles. The number of aromatic amines is 1. The quantitative estimate of drug-likeness (QED) is 0.187.